The van der Waals surface area contributed by atoms with Crippen LogP contribution in [-0.2, 0) is 17.8 Å². The van der Waals surface area contributed by atoms with Crippen molar-refractivity contribution in [3.8, 4) is 5.75 Å². The number of hydrogen-bond acceptors (Lipinski definition) is 2. The van der Waals surface area contributed by atoms with Crippen LogP contribution in [0.25, 0.3) is 0 Å². The van der Waals surface area contributed by atoms with Gasteiger partial charge >= 0.3 is 0 Å². The van der Waals surface area contributed by atoms with Gasteiger partial charge in [0.1, 0.15) is 18.2 Å². The van der Waals surface area contributed by atoms with Crippen molar-refractivity contribution in [2.45, 2.75) is 13.0 Å². The molecule has 5 heteroatoms. The molecular weight excluding hydrogens is 305 g/mol. The Morgan fingerprint density at radius 3 is 2.95 bits per heavy atom. The second-order valence-corrected chi connectivity index (χ2v) is 5.69. The Kier molecular flexibility index (Phi) is 4.29. The van der Waals surface area contributed by atoms with Crippen LogP contribution >= 0.6 is 11.6 Å². The average molecular weight is 320 g/mol. The topological polar surface area (TPSA) is 38.3 Å². The summed E-state index contributed by atoms with van der Waals surface area (Å²) in [6.07, 6.45) is 0.650. The van der Waals surface area contributed by atoms with Gasteiger partial charge in [-0.1, -0.05) is 35.9 Å². The number of para-hydroxylation sites is 1. The van der Waals surface area contributed by atoms with Gasteiger partial charge in [-0.15, -0.1) is 0 Å². The van der Waals surface area contributed by atoms with E-state index in [0.29, 0.717) is 18.6 Å². The zero-order valence-corrected chi connectivity index (χ0v) is 12.6. The van der Waals surface area contributed by atoms with Crippen LogP contribution in [0.2, 0.25) is 5.02 Å². The Bertz CT molecular complexity index is 705. The van der Waals surface area contributed by atoms with E-state index in [0.717, 1.165) is 11.3 Å². The Morgan fingerprint density at radius 1 is 1.32 bits per heavy atom. The lowest BCUT2D eigenvalue weighted by atomic mass is 9.96. The van der Waals surface area contributed by atoms with Crippen molar-refractivity contribution in [1.29, 1.82) is 0 Å². The zero-order chi connectivity index (χ0) is 15.5. The molecule has 0 fully saturated rings. The number of halogens is 2. The number of amides is 1. The number of hydrogen-bond donors (Lipinski definition) is 1. The van der Waals surface area contributed by atoms with Crippen molar-refractivity contribution in [2.75, 3.05) is 6.61 Å². The maximum atomic E-state index is 13.4. The molecule has 22 heavy (non-hydrogen) atoms. The highest BCUT2D eigenvalue weighted by molar-refractivity contribution is 6.30. The number of benzene rings is 2. The minimum absolute atomic E-state index is 0.0763. The molecule has 3 nitrogen and oxygen atoms in total. The first-order valence-electron chi connectivity index (χ1n) is 7.06. The van der Waals surface area contributed by atoms with Crippen molar-refractivity contribution in [3.63, 3.8) is 0 Å². The maximum absolute atomic E-state index is 13.4. The van der Waals surface area contributed by atoms with E-state index >= 15 is 0 Å². The molecule has 0 radical (unpaired) electrons. The molecule has 1 aliphatic heterocycles. The van der Waals surface area contributed by atoms with Crippen LogP contribution in [0.1, 0.15) is 11.1 Å². The quantitative estimate of drug-likeness (QED) is 0.942. The summed E-state index contributed by atoms with van der Waals surface area (Å²) in [5.41, 5.74) is 1.71. The van der Waals surface area contributed by atoms with Gasteiger partial charge in [0.05, 0.1) is 10.9 Å². The van der Waals surface area contributed by atoms with E-state index in [1.807, 2.05) is 24.3 Å². The van der Waals surface area contributed by atoms with Gasteiger partial charge in [0, 0.05) is 6.54 Å². The van der Waals surface area contributed by atoms with E-state index in [1.165, 1.54) is 12.1 Å². The molecule has 1 N–H and O–H groups in total. The minimum Gasteiger partial charge on any atom is -0.492 e. The number of fused-ring (bicyclic) bond motifs is 1. The second kappa shape index (κ2) is 6.36. The molecule has 0 bridgehead atoms. The summed E-state index contributed by atoms with van der Waals surface area (Å²) in [6, 6.07) is 12.2. The summed E-state index contributed by atoms with van der Waals surface area (Å²) >= 11 is 5.63. The molecule has 1 aliphatic rings. The molecule has 0 aliphatic carbocycles. The molecule has 0 spiro atoms. The van der Waals surface area contributed by atoms with Crippen LogP contribution < -0.4 is 10.1 Å². The lowest BCUT2D eigenvalue weighted by Gasteiger charge is -2.24. The fourth-order valence-electron chi connectivity index (χ4n) is 2.48. The van der Waals surface area contributed by atoms with E-state index in [4.69, 9.17) is 16.3 Å². The standard InChI is InChI=1S/C17H15ClFNO2/c18-14-6-5-11(7-15(14)19)9-20-17(21)13-8-12-3-1-2-4-16(12)22-10-13/h1-7,13H,8-10H2,(H,20,21). The monoisotopic (exact) mass is 319 g/mol. The van der Waals surface area contributed by atoms with Crippen molar-refractivity contribution >= 4 is 17.5 Å². The van der Waals surface area contributed by atoms with Crippen LogP contribution in [-0.4, -0.2) is 12.5 Å². The van der Waals surface area contributed by atoms with Crippen LogP contribution in [0.3, 0.4) is 0 Å². The van der Waals surface area contributed by atoms with E-state index in [2.05, 4.69) is 5.32 Å². The Hall–Kier alpha value is -2.07. The van der Waals surface area contributed by atoms with Gasteiger partial charge in [-0.05, 0) is 35.7 Å². The van der Waals surface area contributed by atoms with Crippen molar-refractivity contribution in [1.82, 2.24) is 5.32 Å². The van der Waals surface area contributed by atoms with Crippen LogP contribution in [0.4, 0.5) is 4.39 Å². The van der Waals surface area contributed by atoms with Crippen LogP contribution in [0, 0.1) is 11.7 Å². The van der Waals surface area contributed by atoms with E-state index in [1.54, 1.807) is 6.07 Å². The summed E-state index contributed by atoms with van der Waals surface area (Å²) in [4.78, 5) is 12.2. The smallest absolute Gasteiger partial charge is 0.227 e. The first kappa shape index (κ1) is 14.9. The molecule has 0 aromatic heterocycles. The molecule has 2 aromatic rings. The molecule has 1 atom stereocenters. The third kappa shape index (κ3) is 3.22. The number of nitrogens with one attached hydrogen (secondary N) is 1. The van der Waals surface area contributed by atoms with Crippen LogP contribution in [0.15, 0.2) is 42.5 Å². The predicted molar refractivity (Wildman–Crippen MR) is 82.4 cm³/mol. The third-order valence-electron chi connectivity index (χ3n) is 3.70. The number of carbonyl (C=O) groups is 1. The van der Waals surface area contributed by atoms with Gasteiger partial charge in [0.25, 0.3) is 0 Å². The first-order chi connectivity index (χ1) is 10.6. The molecule has 0 saturated heterocycles. The van der Waals surface area contributed by atoms with Crippen molar-refractivity contribution < 1.29 is 13.9 Å². The van der Waals surface area contributed by atoms with E-state index < -0.39 is 5.82 Å². The molecule has 1 heterocycles. The minimum atomic E-state index is -0.483. The lowest BCUT2D eigenvalue weighted by molar-refractivity contribution is -0.126. The normalized spacial score (nSPS) is 16.5. The van der Waals surface area contributed by atoms with Gasteiger partial charge in [-0.3, -0.25) is 4.79 Å². The Balaban J connectivity index is 1.60. The first-order valence-corrected chi connectivity index (χ1v) is 7.43. The lowest BCUT2D eigenvalue weighted by Crippen LogP contribution is -2.37. The summed E-state index contributed by atoms with van der Waals surface area (Å²) < 4.78 is 19.0. The highest BCUT2D eigenvalue weighted by Crippen LogP contribution is 2.26. The van der Waals surface area contributed by atoms with Gasteiger partial charge in [0.15, 0.2) is 0 Å². The van der Waals surface area contributed by atoms with Crippen molar-refractivity contribution in [3.05, 3.63) is 64.4 Å². The number of ether oxygens (including phenoxy) is 1. The summed E-state index contributed by atoms with van der Waals surface area (Å²) in [5.74, 6) is 0.0339. The molecular formula is C17H15ClFNO2. The maximum Gasteiger partial charge on any atom is 0.227 e. The van der Waals surface area contributed by atoms with Crippen LogP contribution in [0.5, 0.6) is 5.75 Å². The predicted octanol–water partition coefficient (Wildman–Crippen LogP) is 3.35. The highest BCUT2D eigenvalue weighted by atomic mass is 35.5. The van der Waals surface area contributed by atoms with Crippen molar-refractivity contribution in [2.24, 2.45) is 5.92 Å². The van der Waals surface area contributed by atoms with Gasteiger partial charge in [0.2, 0.25) is 5.91 Å². The molecule has 0 saturated carbocycles. The highest BCUT2D eigenvalue weighted by Gasteiger charge is 2.25. The summed E-state index contributed by atoms with van der Waals surface area (Å²) in [6.45, 7) is 0.628. The largest absolute Gasteiger partial charge is 0.492 e. The Morgan fingerprint density at radius 2 is 2.14 bits per heavy atom. The zero-order valence-electron chi connectivity index (χ0n) is 11.8. The average Bonchev–Trinajstić information content (AvgIpc) is 2.55. The molecule has 114 valence electrons. The summed E-state index contributed by atoms with van der Waals surface area (Å²) in [7, 11) is 0. The summed E-state index contributed by atoms with van der Waals surface area (Å²) in [5, 5.41) is 2.89. The van der Waals surface area contributed by atoms with Gasteiger partial charge in [-0.2, -0.15) is 0 Å². The Labute approximate surface area is 133 Å². The van der Waals surface area contributed by atoms with Gasteiger partial charge in [-0.25, -0.2) is 4.39 Å². The fourth-order valence-corrected chi connectivity index (χ4v) is 2.60. The molecule has 2 aromatic carbocycles. The third-order valence-corrected chi connectivity index (χ3v) is 4.01. The number of carbonyl (C=O) groups excluding carboxylic acids is 1. The van der Waals surface area contributed by atoms with E-state index in [-0.39, 0.29) is 23.4 Å². The fraction of sp³-hybridized carbons (Fsp3) is 0.235. The molecule has 3 rings (SSSR count). The molecule has 1 amide bonds. The molecule has 1 unspecified atom stereocenters. The number of rotatable bonds is 3. The second-order valence-electron chi connectivity index (χ2n) is 5.29. The SMILES string of the molecule is O=C(NCc1ccc(Cl)c(F)c1)C1COc2ccccc2C1. The van der Waals surface area contributed by atoms with E-state index in [9.17, 15) is 9.18 Å². The van der Waals surface area contributed by atoms with Gasteiger partial charge < -0.3 is 10.1 Å².